The summed E-state index contributed by atoms with van der Waals surface area (Å²) < 4.78 is 0. The Bertz CT molecular complexity index is 468. The summed E-state index contributed by atoms with van der Waals surface area (Å²) in [5.74, 6) is -0.178. The van der Waals surface area contributed by atoms with Crippen LogP contribution in [0.3, 0.4) is 0 Å². The molecule has 0 bridgehead atoms. The van der Waals surface area contributed by atoms with Crippen LogP contribution in [-0.4, -0.2) is 36.3 Å². The van der Waals surface area contributed by atoms with E-state index in [1.165, 1.54) is 11.8 Å². The number of anilines is 1. The van der Waals surface area contributed by atoms with Crippen molar-refractivity contribution >= 4 is 29.1 Å². The molecule has 4 nitrogen and oxygen atoms in total. The number of carbonyl (C=O) groups is 2. The Morgan fingerprint density at radius 3 is 2.00 bits per heavy atom. The third-order valence-electron chi connectivity index (χ3n) is 3.15. The lowest BCUT2D eigenvalue weighted by atomic mass is 10.2. The Labute approximate surface area is 131 Å². The van der Waals surface area contributed by atoms with Gasteiger partial charge >= 0.3 is 0 Å². The fraction of sp³-hybridized carbons (Fsp3) is 0.500. The second-order valence-corrected chi connectivity index (χ2v) is 5.40. The highest BCUT2D eigenvalue weighted by Gasteiger charge is 2.19. The monoisotopic (exact) mass is 310 g/mol. The predicted octanol–water partition coefficient (Wildman–Crippen LogP) is 3.34. The number of nitrogens with zero attached hydrogens (tertiary/aromatic N) is 2. The summed E-state index contributed by atoms with van der Waals surface area (Å²) in [6.07, 6.45) is 1.82. The largest absolute Gasteiger partial charge is 0.341 e. The van der Waals surface area contributed by atoms with Crippen LogP contribution in [0.4, 0.5) is 5.69 Å². The van der Waals surface area contributed by atoms with Crippen LogP contribution in [0.2, 0.25) is 5.02 Å². The highest BCUT2D eigenvalue weighted by molar-refractivity contribution is 6.30. The summed E-state index contributed by atoms with van der Waals surface area (Å²) in [7, 11) is 0. The zero-order valence-corrected chi connectivity index (χ0v) is 13.7. The first kappa shape index (κ1) is 17.5. The van der Waals surface area contributed by atoms with E-state index >= 15 is 0 Å². The summed E-state index contributed by atoms with van der Waals surface area (Å²) in [5, 5.41) is 0.604. The normalized spacial score (nSPS) is 10.3. The van der Waals surface area contributed by atoms with Crippen molar-refractivity contribution in [3.63, 3.8) is 0 Å². The van der Waals surface area contributed by atoms with Crippen molar-refractivity contribution in [2.45, 2.75) is 33.6 Å². The van der Waals surface area contributed by atoms with Gasteiger partial charge in [-0.25, -0.2) is 0 Å². The van der Waals surface area contributed by atoms with Gasteiger partial charge in [-0.2, -0.15) is 0 Å². The smallest absolute Gasteiger partial charge is 0.242 e. The third kappa shape index (κ3) is 5.38. The van der Waals surface area contributed by atoms with Crippen LogP contribution in [-0.2, 0) is 9.59 Å². The molecule has 0 atom stereocenters. The Hall–Kier alpha value is -1.55. The molecule has 0 radical (unpaired) electrons. The van der Waals surface area contributed by atoms with E-state index in [9.17, 15) is 9.59 Å². The lowest BCUT2D eigenvalue weighted by Gasteiger charge is -2.26. The molecule has 1 rings (SSSR count). The van der Waals surface area contributed by atoms with Crippen molar-refractivity contribution in [1.82, 2.24) is 4.90 Å². The standard InChI is InChI=1S/C16H23ClN2O2/c1-4-10-18(11-5-2)16(21)12-19(13(3)20)15-8-6-14(17)7-9-15/h6-9H,4-5,10-12H2,1-3H3. The average molecular weight is 311 g/mol. The molecule has 0 unspecified atom stereocenters. The number of hydrogen-bond donors (Lipinski definition) is 0. The van der Waals surface area contributed by atoms with Crippen molar-refractivity contribution in [2.75, 3.05) is 24.5 Å². The second-order valence-electron chi connectivity index (χ2n) is 4.96. The summed E-state index contributed by atoms with van der Waals surface area (Å²) in [6, 6.07) is 6.93. The maximum atomic E-state index is 12.4. The van der Waals surface area contributed by atoms with Gasteiger partial charge in [-0.1, -0.05) is 25.4 Å². The van der Waals surface area contributed by atoms with Crippen LogP contribution in [0, 0.1) is 0 Å². The van der Waals surface area contributed by atoms with Crippen LogP contribution in [0.15, 0.2) is 24.3 Å². The number of hydrogen-bond acceptors (Lipinski definition) is 2. The van der Waals surface area contributed by atoms with Crippen LogP contribution in [0.5, 0.6) is 0 Å². The van der Waals surface area contributed by atoms with E-state index in [2.05, 4.69) is 0 Å². The highest BCUT2D eigenvalue weighted by Crippen LogP contribution is 2.18. The maximum absolute atomic E-state index is 12.4. The Morgan fingerprint density at radius 1 is 1.05 bits per heavy atom. The van der Waals surface area contributed by atoms with E-state index in [1.54, 1.807) is 24.3 Å². The van der Waals surface area contributed by atoms with Gasteiger partial charge in [-0.3, -0.25) is 9.59 Å². The van der Waals surface area contributed by atoms with Crippen molar-refractivity contribution < 1.29 is 9.59 Å². The Balaban J connectivity index is 2.84. The molecule has 0 aromatic heterocycles. The van der Waals surface area contributed by atoms with Gasteiger partial charge in [0.1, 0.15) is 6.54 Å². The second kappa shape index (κ2) is 8.67. The first-order chi connectivity index (χ1) is 9.99. The molecule has 116 valence electrons. The Kier molecular flexibility index (Phi) is 7.23. The minimum atomic E-state index is -0.154. The van der Waals surface area contributed by atoms with Gasteiger partial charge in [0.25, 0.3) is 0 Å². The minimum absolute atomic E-state index is 0.0242. The molecule has 0 heterocycles. The molecule has 0 N–H and O–H groups in total. The van der Waals surface area contributed by atoms with Crippen LogP contribution in [0.1, 0.15) is 33.6 Å². The lowest BCUT2D eigenvalue weighted by molar-refractivity contribution is -0.131. The van der Waals surface area contributed by atoms with E-state index in [4.69, 9.17) is 11.6 Å². The lowest BCUT2D eigenvalue weighted by Crippen LogP contribution is -2.43. The number of halogens is 1. The van der Waals surface area contributed by atoms with Gasteiger partial charge < -0.3 is 9.80 Å². The Morgan fingerprint density at radius 2 is 1.57 bits per heavy atom. The minimum Gasteiger partial charge on any atom is -0.341 e. The highest BCUT2D eigenvalue weighted by atomic mass is 35.5. The van der Waals surface area contributed by atoms with Crippen LogP contribution >= 0.6 is 11.6 Å². The molecule has 0 saturated carbocycles. The zero-order chi connectivity index (χ0) is 15.8. The molecule has 0 aliphatic heterocycles. The van der Waals surface area contributed by atoms with E-state index in [-0.39, 0.29) is 18.4 Å². The topological polar surface area (TPSA) is 40.6 Å². The van der Waals surface area contributed by atoms with Crippen LogP contribution in [0.25, 0.3) is 0 Å². The first-order valence-corrected chi connectivity index (χ1v) is 7.68. The number of amides is 2. The fourth-order valence-electron chi connectivity index (χ4n) is 2.14. The summed E-state index contributed by atoms with van der Waals surface area (Å²) in [5.41, 5.74) is 0.688. The first-order valence-electron chi connectivity index (χ1n) is 7.31. The quantitative estimate of drug-likeness (QED) is 0.775. The fourth-order valence-corrected chi connectivity index (χ4v) is 2.27. The van der Waals surface area contributed by atoms with Gasteiger partial charge in [0.05, 0.1) is 0 Å². The van der Waals surface area contributed by atoms with Crippen molar-refractivity contribution in [2.24, 2.45) is 0 Å². The molecule has 0 saturated heterocycles. The third-order valence-corrected chi connectivity index (χ3v) is 3.40. The summed E-state index contributed by atoms with van der Waals surface area (Å²) in [6.45, 7) is 7.05. The van der Waals surface area contributed by atoms with Gasteiger partial charge in [0, 0.05) is 30.7 Å². The molecule has 0 aliphatic rings. The van der Waals surface area contributed by atoms with Gasteiger partial charge in [-0.15, -0.1) is 0 Å². The molecule has 0 aliphatic carbocycles. The molecule has 0 spiro atoms. The zero-order valence-electron chi connectivity index (χ0n) is 12.9. The number of carbonyl (C=O) groups excluding carboxylic acids is 2. The van der Waals surface area contributed by atoms with E-state index in [0.717, 1.165) is 25.9 Å². The van der Waals surface area contributed by atoms with Gasteiger partial charge in [0.15, 0.2) is 0 Å². The van der Waals surface area contributed by atoms with Crippen LogP contribution < -0.4 is 4.90 Å². The molecule has 0 fully saturated rings. The molecular weight excluding hydrogens is 288 g/mol. The maximum Gasteiger partial charge on any atom is 0.242 e. The summed E-state index contributed by atoms with van der Waals surface area (Å²) >= 11 is 5.86. The molecule has 1 aromatic carbocycles. The molecule has 2 amide bonds. The van der Waals surface area contributed by atoms with E-state index in [0.29, 0.717) is 10.7 Å². The van der Waals surface area contributed by atoms with Gasteiger partial charge in [0.2, 0.25) is 11.8 Å². The number of rotatable bonds is 7. The van der Waals surface area contributed by atoms with Gasteiger partial charge in [-0.05, 0) is 37.1 Å². The molecule has 21 heavy (non-hydrogen) atoms. The molecule has 1 aromatic rings. The van der Waals surface area contributed by atoms with E-state index < -0.39 is 0 Å². The average Bonchev–Trinajstić information content (AvgIpc) is 2.45. The van der Waals surface area contributed by atoms with Crippen molar-refractivity contribution in [1.29, 1.82) is 0 Å². The summed E-state index contributed by atoms with van der Waals surface area (Å²) in [4.78, 5) is 27.5. The molecular formula is C16H23ClN2O2. The predicted molar refractivity (Wildman–Crippen MR) is 86.6 cm³/mol. The van der Waals surface area contributed by atoms with Crippen molar-refractivity contribution in [3.05, 3.63) is 29.3 Å². The van der Waals surface area contributed by atoms with E-state index in [1.807, 2.05) is 18.7 Å². The molecule has 5 heteroatoms. The SMILES string of the molecule is CCCN(CCC)C(=O)CN(C(C)=O)c1ccc(Cl)cc1. The van der Waals surface area contributed by atoms with Crippen molar-refractivity contribution in [3.8, 4) is 0 Å². The number of benzene rings is 1.